The first kappa shape index (κ1) is 28.1. The normalized spacial score (nSPS) is 19.1. The molecule has 1 saturated carbocycles. The molecule has 2 N–H and O–H groups in total. The van der Waals surface area contributed by atoms with Crippen LogP contribution >= 0.6 is 11.3 Å². The highest BCUT2D eigenvalue weighted by Gasteiger charge is 2.47. The van der Waals surface area contributed by atoms with Crippen molar-refractivity contribution >= 4 is 34.2 Å². The van der Waals surface area contributed by atoms with E-state index >= 15 is 0 Å². The second kappa shape index (κ2) is 11.9. The minimum Gasteiger partial charge on any atom is -0.481 e. The number of carboxylic acids is 1. The molecule has 6 nitrogen and oxygen atoms in total. The standard InChI is InChI=1S/C28H34F3N3O3S/c1-17(2)14-19(10-12-26(35)36)32-27(37)18-9-11-24-22(15-18)33-25(16-20-6-5-13-38-20)34(24)23-8-4-3-7-21(23)28(29,30)31/h5-6,9,11,13,15,17,19,21,23H,3-4,7-8,10,12,14,16H2,1-2H3,(H,32,37)(H,35,36)/t19?,21?,23-/m1/s1. The molecule has 0 aliphatic heterocycles. The van der Waals surface area contributed by atoms with Crippen molar-refractivity contribution in [3.05, 3.63) is 52.0 Å². The van der Waals surface area contributed by atoms with Gasteiger partial charge in [-0.05, 0) is 61.2 Å². The number of amides is 1. The van der Waals surface area contributed by atoms with Gasteiger partial charge in [-0.15, -0.1) is 11.3 Å². The Morgan fingerprint density at radius 3 is 2.63 bits per heavy atom. The zero-order valence-electron chi connectivity index (χ0n) is 21.6. The molecule has 1 aromatic carbocycles. The molecule has 3 aromatic rings. The zero-order valence-corrected chi connectivity index (χ0v) is 22.4. The van der Waals surface area contributed by atoms with Gasteiger partial charge in [-0.1, -0.05) is 32.8 Å². The Morgan fingerprint density at radius 1 is 1.21 bits per heavy atom. The number of thiophene rings is 1. The van der Waals surface area contributed by atoms with Gasteiger partial charge in [-0.2, -0.15) is 13.2 Å². The average Bonchev–Trinajstić information content (AvgIpc) is 3.48. The van der Waals surface area contributed by atoms with Crippen LogP contribution in [0.15, 0.2) is 35.7 Å². The number of fused-ring (bicyclic) bond motifs is 1. The molecule has 1 aliphatic rings. The van der Waals surface area contributed by atoms with Crippen molar-refractivity contribution in [2.24, 2.45) is 11.8 Å². The van der Waals surface area contributed by atoms with Gasteiger partial charge in [0.2, 0.25) is 0 Å². The number of carboxylic acid groups (broad SMARTS) is 1. The van der Waals surface area contributed by atoms with Gasteiger partial charge >= 0.3 is 12.1 Å². The SMILES string of the molecule is CC(C)CC(CCC(=O)O)NC(=O)c1ccc2c(c1)nc(Cc1cccs1)n2[C@@H]1CCCCC1C(F)(F)F. The van der Waals surface area contributed by atoms with Crippen LogP contribution in [0.2, 0.25) is 0 Å². The molecular weight excluding hydrogens is 515 g/mol. The largest absolute Gasteiger partial charge is 0.481 e. The van der Waals surface area contributed by atoms with Gasteiger partial charge in [0.05, 0.1) is 17.0 Å². The van der Waals surface area contributed by atoms with Gasteiger partial charge in [0, 0.05) is 35.4 Å². The number of hydrogen-bond donors (Lipinski definition) is 2. The number of hydrogen-bond acceptors (Lipinski definition) is 4. The summed E-state index contributed by atoms with van der Waals surface area (Å²) in [6.45, 7) is 4.01. The minimum atomic E-state index is -4.30. The quantitative estimate of drug-likeness (QED) is 0.285. The van der Waals surface area contributed by atoms with E-state index in [2.05, 4.69) is 5.32 Å². The molecule has 38 heavy (non-hydrogen) atoms. The van der Waals surface area contributed by atoms with E-state index in [1.54, 1.807) is 22.8 Å². The molecule has 10 heteroatoms. The van der Waals surface area contributed by atoms with E-state index in [1.807, 2.05) is 31.4 Å². The number of nitrogens with zero attached hydrogens (tertiary/aromatic N) is 2. The first-order valence-corrected chi connectivity index (χ1v) is 14.0. The summed E-state index contributed by atoms with van der Waals surface area (Å²) in [4.78, 5) is 29.9. The fraction of sp³-hybridized carbons (Fsp3) is 0.536. The third kappa shape index (κ3) is 6.76. The first-order chi connectivity index (χ1) is 18.0. The van der Waals surface area contributed by atoms with Crippen molar-refractivity contribution in [1.82, 2.24) is 14.9 Å². The number of rotatable bonds is 10. The highest BCUT2D eigenvalue weighted by Crippen LogP contribution is 2.45. The Bertz CT molecular complexity index is 1250. The molecule has 0 saturated heterocycles. The van der Waals surface area contributed by atoms with Crippen molar-refractivity contribution in [1.29, 1.82) is 0 Å². The summed E-state index contributed by atoms with van der Waals surface area (Å²) in [7, 11) is 0. The molecule has 1 fully saturated rings. The minimum absolute atomic E-state index is 0.0467. The smallest absolute Gasteiger partial charge is 0.393 e. The van der Waals surface area contributed by atoms with E-state index in [1.165, 1.54) is 11.3 Å². The average molecular weight is 550 g/mol. The van der Waals surface area contributed by atoms with Crippen molar-refractivity contribution in [2.75, 3.05) is 0 Å². The van der Waals surface area contributed by atoms with Gasteiger partial charge in [0.1, 0.15) is 5.82 Å². The Balaban J connectivity index is 1.68. The molecule has 2 heterocycles. The van der Waals surface area contributed by atoms with Crippen LogP contribution in [0.25, 0.3) is 11.0 Å². The Kier molecular flexibility index (Phi) is 8.80. The van der Waals surface area contributed by atoms with E-state index < -0.39 is 24.1 Å². The van der Waals surface area contributed by atoms with E-state index in [0.717, 1.165) is 11.3 Å². The lowest BCUT2D eigenvalue weighted by Gasteiger charge is -2.35. The van der Waals surface area contributed by atoms with Crippen molar-refractivity contribution in [3.8, 4) is 0 Å². The van der Waals surface area contributed by atoms with Crippen molar-refractivity contribution < 1.29 is 27.9 Å². The number of aliphatic carboxylic acids is 1. The topological polar surface area (TPSA) is 84.2 Å². The number of carbonyl (C=O) groups is 2. The van der Waals surface area contributed by atoms with Gasteiger partial charge in [-0.25, -0.2) is 4.98 Å². The van der Waals surface area contributed by atoms with Crippen LogP contribution in [-0.4, -0.2) is 38.8 Å². The van der Waals surface area contributed by atoms with Crippen LogP contribution < -0.4 is 5.32 Å². The molecule has 206 valence electrons. The maximum atomic E-state index is 14.1. The van der Waals surface area contributed by atoms with Crippen LogP contribution in [-0.2, 0) is 11.2 Å². The van der Waals surface area contributed by atoms with E-state index in [-0.39, 0.29) is 30.7 Å². The van der Waals surface area contributed by atoms with Crippen molar-refractivity contribution in [3.63, 3.8) is 0 Å². The predicted molar refractivity (Wildman–Crippen MR) is 141 cm³/mol. The van der Waals surface area contributed by atoms with Gasteiger partial charge in [0.15, 0.2) is 0 Å². The first-order valence-electron chi connectivity index (χ1n) is 13.2. The summed E-state index contributed by atoms with van der Waals surface area (Å²) in [5, 5.41) is 14.0. The predicted octanol–water partition coefficient (Wildman–Crippen LogP) is 6.99. The molecule has 2 aromatic heterocycles. The Hall–Kier alpha value is -2.88. The molecule has 0 spiro atoms. The maximum Gasteiger partial charge on any atom is 0.393 e. The highest BCUT2D eigenvalue weighted by molar-refractivity contribution is 7.09. The van der Waals surface area contributed by atoms with Crippen LogP contribution in [0.1, 0.15) is 85.9 Å². The zero-order chi connectivity index (χ0) is 27.4. The summed E-state index contributed by atoms with van der Waals surface area (Å²) in [5.41, 5.74) is 1.44. The number of alkyl halides is 3. The maximum absolute atomic E-state index is 14.1. The molecule has 1 aliphatic carbocycles. The number of benzene rings is 1. The van der Waals surface area contributed by atoms with Crippen LogP contribution in [0.3, 0.4) is 0 Å². The Morgan fingerprint density at radius 2 is 1.97 bits per heavy atom. The summed E-state index contributed by atoms with van der Waals surface area (Å²) in [5.74, 6) is -1.87. The summed E-state index contributed by atoms with van der Waals surface area (Å²) < 4.78 is 44.0. The molecule has 0 radical (unpaired) electrons. The lowest BCUT2D eigenvalue weighted by Crippen LogP contribution is -2.36. The molecule has 4 rings (SSSR count). The molecule has 3 atom stereocenters. The lowest BCUT2D eigenvalue weighted by molar-refractivity contribution is -0.193. The number of halogens is 3. The summed E-state index contributed by atoms with van der Waals surface area (Å²) >= 11 is 1.53. The van der Waals surface area contributed by atoms with Crippen LogP contribution in [0, 0.1) is 11.8 Å². The summed E-state index contributed by atoms with van der Waals surface area (Å²) in [6.07, 6.45) is -1.17. The van der Waals surface area contributed by atoms with Gasteiger partial charge < -0.3 is 15.0 Å². The van der Waals surface area contributed by atoms with Crippen LogP contribution in [0.4, 0.5) is 13.2 Å². The monoisotopic (exact) mass is 549 g/mol. The fourth-order valence-corrected chi connectivity index (χ4v) is 6.24. The molecular formula is C28H34F3N3O3S. The number of aromatic nitrogens is 2. The summed E-state index contributed by atoms with van der Waals surface area (Å²) in [6, 6.07) is 7.78. The van der Waals surface area contributed by atoms with Gasteiger partial charge in [-0.3, -0.25) is 9.59 Å². The number of nitrogens with one attached hydrogen (secondary N) is 1. The third-order valence-corrected chi connectivity index (χ3v) is 8.09. The number of carbonyl (C=O) groups excluding carboxylic acids is 1. The second-order valence-corrected chi connectivity index (χ2v) is 11.6. The van der Waals surface area contributed by atoms with Crippen molar-refractivity contribution in [2.45, 2.75) is 83.5 Å². The highest BCUT2D eigenvalue weighted by atomic mass is 32.1. The number of imidazole rings is 1. The molecule has 1 amide bonds. The third-order valence-electron chi connectivity index (χ3n) is 7.22. The van der Waals surface area contributed by atoms with E-state index in [9.17, 15) is 22.8 Å². The molecule has 2 unspecified atom stereocenters. The van der Waals surface area contributed by atoms with E-state index in [0.29, 0.717) is 54.5 Å². The Labute approximate surface area is 224 Å². The molecule has 0 bridgehead atoms. The van der Waals surface area contributed by atoms with E-state index in [4.69, 9.17) is 10.1 Å². The second-order valence-electron chi connectivity index (χ2n) is 10.6. The van der Waals surface area contributed by atoms with Crippen LogP contribution in [0.5, 0.6) is 0 Å². The fourth-order valence-electron chi connectivity index (χ4n) is 5.54. The lowest BCUT2D eigenvalue weighted by atomic mass is 9.83. The van der Waals surface area contributed by atoms with Gasteiger partial charge in [0.25, 0.3) is 5.91 Å².